The number of nitrogens with two attached hydrogens (primary N) is 1. The highest BCUT2D eigenvalue weighted by Crippen LogP contribution is 2.25. The largest absolute Gasteiger partial charge is 0.491 e. The number of rotatable bonds is 8. The lowest BCUT2D eigenvalue weighted by molar-refractivity contribution is 0.110. The van der Waals surface area contributed by atoms with E-state index in [2.05, 4.69) is 0 Å². The number of ether oxygens (including phenoxy) is 2. The Morgan fingerprint density at radius 2 is 2.00 bits per heavy atom. The molecule has 1 heterocycles. The number of nitrogens with zero attached hydrogens (tertiary/aromatic N) is 1. The van der Waals surface area contributed by atoms with Crippen molar-refractivity contribution in [1.82, 2.24) is 4.31 Å². The van der Waals surface area contributed by atoms with E-state index in [1.165, 1.54) is 4.31 Å². The van der Waals surface area contributed by atoms with Gasteiger partial charge in [0.1, 0.15) is 12.4 Å². The summed E-state index contributed by atoms with van der Waals surface area (Å²) in [7, 11) is -3.43. The van der Waals surface area contributed by atoms with Crippen LogP contribution in [0, 0.1) is 5.92 Å². The van der Waals surface area contributed by atoms with Crippen molar-refractivity contribution >= 4 is 10.0 Å². The van der Waals surface area contributed by atoms with Crippen molar-refractivity contribution in [3.05, 3.63) is 24.3 Å². The minimum absolute atomic E-state index is 0.260. The quantitative estimate of drug-likeness (QED) is 0.722. The van der Waals surface area contributed by atoms with Gasteiger partial charge in [0.25, 0.3) is 0 Å². The second kappa shape index (κ2) is 7.92. The molecule has 0 aromatic heterocycles. The summed E-state index contributed by atoms with van der Waals surface area (Å²) in [5.74, 6) is 0.899. The molecule has 0 amide bonds. The highest BCUT2D eigenvalue weighted by atomic mass is 32.2. The van der Waals surface area contributed by atoms with Crippen LogP contribution in [0.2, 0.25) is 0 Å². The van der Waals surface area contributed by atoms with E-state index in [0.717, 1.165) is 6.42 Å². The third-order valence-electron chi connectivity index (χ3n) is 3.74. The molecular weight excluding hydrogens is 304 g/mol. The van der Waals surface area contributed by atoms with Crippen LogP contribution in [0.5, 0.6) is 5.75 Å². The molecule has 1 aliphatic rings. The van der Waals surface area contributed by atoms with Crippen molar-refractivity contribution in [3.63, 3.8) is 0 Å². The van der Waals surface area contributed by atoms with Gasteiger partial charge in [0.05, 0.1) is 11.5 Å². The Morgan fingerprint density at radius 1 is 1.27 bits per heavy atom. The lowest BCUT2D eigenvalue weighted by atomic mass is 10.1. The summed E-state index contributed by atoms with van der Waals surface area (Å²) in [6.45, 7) is 5.11. The lowest BCUT2D eigenvalue weighted by Gasteiger charge is -2.16. The van der Waals surface area contributed by atoms with E-state index in [-0.39, 0.29) is 5.92 Å². The van der Waals surface area contributed by atoms with E-state index < -0.39 is 10.0 Å². The first kappa shape index (κ1) is 17.2. The number of sulfonamides is 1. The Hall–Kier alpha value is -1.15. The monoisotopic (exact) mass is 328 g/mol. The predicted molar refractivity (Wildman–Crippen MR) is 84.4 cm³/mol. The SMILES string of the molecule is CCOCCOc1ccc(S(=O)(=O)N2CCC(CN)C2)cc1. The zero-order valence-corrected chi connectivity index (χ0v) is 13.7. The van der Waals surface area contributed by atoms with Crippen LogP contribution in [0.3, 0.4) is 0 Å². The van der Waals surface area contributed by atoms with Crippen LogP contribution in [-0.4, -0.2) is 52.2 Å². The predicted octanol–water partition coefficient (Wildman–Crippen LogP) is 1.07. The maximum absolute atomic E-state index is 12.5. The minimum Gasteiger partial charge on any atom is -0.491 e. The summed E-state index contributed by atoms with van der Waals surface area (Å²) >= 11 is 0. The fourth-order valence-corrected chi connectivity index (χ4v) is 3.96. The lowest BCUT2D eigenvalue weighted by Crippen LogP contribution is -2.30. The van der Waals surface area contributed by atoms with Crippen molar-refractivity contribution in [1.29, 1.82) is 0 Å². The van der Waals surface area contributed by atoms with Gasteiger partial charge in [-0.1, -0.05) is 0 Å². The summed E-state index contributed by atoms with van der Waals surface area (Å²) in [5, 5.41) is 0. The van der Waals surface area contributed by atoms with E-state index >= 15 is 0 Å². The fraction of sp³-hybridized carbons (Fsp3) is 0.600. The van der Waals surface area contributed by atoms with Gasteiger partial charge >= 0.3 is 0 Å². The normalized spacial score (nSPS) is 19.5. The van der Waals surface area contributed by atoms with Gasteiger partial charge in [0, 0.05) is 19.7 Å². The van der Waals surface area contributed by atoms with Crippen molar-refractivity contribution in [2.75, 3.05) is 39.5 Å². The van der Waals surface area contributed by atoms with E-state index in [1.807, 2.05) is 6.92 Å². The summed E-state index contributed by atoms with van der Waals surface area (Å²) in [6, 6.07) is 6.52. The maximum atomic E-state index is 12.5. The Morgan fingerprint density at radius 3 is 2.59 bits per heavy atom. The Balaban J connectivity index is 1.97. The molecule has 1 atom stereocenters. The smallest absolute Gasteiger partial charge is 0.243 e. The molecule has 6 nitrogen and oxygen atoms in total. The average molecular weight is 328 g/mol. The van der Waals surface area contributed by atoms with Crippen LogP contribution < -0.4 is 10.5 Å². The molecule has 124 valence electrons. The first-order chi connectivity index (χ1) is 10.6. The minimum atomic E-state index is -3.43. The van der Waals surface area contributed by atoms with E-state index in [1.54, 1.807) is 24.3 Å². The molecule has 2 N–H and O–H groups in total. The molecule has 0 aliphatic carbocycles. The molecule has 1 saturated heterocycles. The Bertz CT molecular complexity index is 559. The molecule has 0 bridgehead atoms. The van der Waals surface area contributed by atoms with Gasteiger partial charge in [0.2, 0.25) is 10.0 Å². The van der Waals surface area contributed by atoms with E-state index in [0.29, 0.717) is 50.1 Å². The van der Waals surface area contributed by atoms with Crippen LogP contribution in [0.25, 0.3) is 0 Å². The van der Waals surface area contributed by atoms with Crippen LogP contribution in [0.4, 0.5) is 0 Å². The highest BCUT2D eigenvalue weighted by molar-refractivity contribution is 7.89. The summed E-state index contributed by atoms with van der Waals surface area (Å²) in [5.41, 5.74) is 5.62. The van der Waals surface area contributed by atoms with E-state index in [9.17, 15) is 8.42 Å². The zero-order valence-electron chi connectivity index (χ0n) is 12.9. The van der Waals surface area contributed by atoms with Crippen LogP contribution in [0.1, 0.15) is 13.3 Å². The van der Waals surface area contributed by atoms with Gasteiger partial charge in [0.15, 0.2) is 0 Å². The van der Waals surface area contributed by atoms with Crippen LogP contribution in [-0.2, 0) is 14.8 Å². The zero-order chi connectivity index (χ0) is 16.0. The first-order valence-electron chi connectivity index (χ1n) is 7.58. The molecule has 0 spiro atoms. The molecule has 7 heteroatoms. The van der Waals surface area contributed by atoms with Gasteiger partial charge in [-0.2, -0.15) is 4.31 Å². The third kappa shape index (κ3) is 4.19. The number of hydrogen-bond donors (Lipinski definition) is 1. The fourth-order valence-electron chi connectivity index (χ4n) is 2.43. The molecule has 1 unspecified atom stereocenters. The van der Waals surface area contributed by atoms with Crippen molar-refractivity contribution in [3.8, 4) is 5.75 Å². The van der Waals surface area contributed by atoms with Crippen LogP contribution in [0.15, 0.2) is 29.2 Å². The van der Waals surface area contributed by atoms with Crippen LogP contribution >= 0.6 is 0 Å². The molecule has 0 saturated carbocycles. The summed E-state index contributed by atoms with van der Waals surface area (Å²) in [4.78, 5) is 0.294. The number of benzene rings is 1. The molecule has 1 aromatic carbocycles. The molecule has 22 heavy (non-hydrogen) atoms. The Labute approximate surface area is 132 Å². The topological polar surface area (TPSA) is 81.9 Å². The van der Waals surface area contributed by atoms with Crippen molar-refractivity contribution < 1.29 is 17.9 Å². The van der Waals surface area contributed by atoms with Gasteiger partial charge in [-0.3, -0.25) is 0 Å². The molecule has 1 fully saturated rings. The highest BCUT2D eigenvalue weighted by Gasteiger charge is 2.31. The van der Waals surface area contributed by atoms with Gasteiger partial charge < -0.3 is 15.2 Å². The summed E-state index contributed by atoms with van der Waals surface area (Å²) in [6.07, 6.45) is 0.828. The molecule has 0 radical (unpaired) electrons. The second-order valence-electron chi connectivity index (χ2n) is 5.27. The standard InChI is InChI=1S/C15H24N2O4S/c1-2-20-9-10-21-14-3-5-15(6-4-14)22(18,19)17-8-7-13(11-16)12-17/h3-6,13H,2,7-12,16H2,1H3. The first-order valence-corrected chi connectivity index (χ1v) is 9.02. The van der Waals surface area contributed by atoms with Gasteiger partial charge in [-0.25, -0.2) is 8.42 Å². The van der Waals surface area contributed by atoms with Gasteiger partial charge in [-0.15, -0.1) is 0 Å². The maximum Gasteiger partial charge on any atom is 0.243 e. The average Bonchev–Trinajstić information content (AvgIpc) is 3.02. The third-order valence-corrected chi connectivity index (χ3v) is 5.62. The van der Waals surface area contributed by atoms with E-state index in [4.69, 9.17) is 15.2 Å². The summed E-state index contributed by atoms with van der Waals surface area (Å²) < 4.78 is 37.2. The van der Waals surface area contributed by atoms with Crippen molar-refractivity contribution in [2.45, 2.75) is 18.2 Å². The van der Waals surface area contributed by atoms with Gasteiger partial charge in [-0.05, 0) is 50.1 Å². The van der Waals surface area contributed by atoms with Crippen molar-refractivity contribution in [2.24, 2.45) is 11.7 Å². The number of hydrogen-bond acceptors (Lipinski definition) is 5. The molecule has 1 aliphatic heterocycles. The molecule has 2 rings (SSSR count). The molecular formula is C15H24N2O4S. The Kier molecular flexibility index (Phi) is 6.19. The molecule has 1 aromatic rings. The second-order valence-corrected chi connectivity index (χ2v) is 7.21.